The Balaban J connectivity index is 2.26. The van der Waals surface area contributed by atoms with E-state index >= 15 is 0 Å². The van der Waals surface area contributed by atoms with Gasteiger partial charge in [-0.25, -0.2) is 0 Å². The van der Waals surface area contributed by atoms with Crippen molar-refractivity contribution in [2.75, 3.05) is 61.7 Å². The lowest BCUT2D eigenvalue weighted by Crippen LogP contribution is -2.32. The van der Waals surface area contributed by atoms with Crippen molar-refractivity contribution in [3.63, 3.8) is 0 Å². The fourth-order valence-corrected chi connectivity index (χ4v) is 4.65. The number of rotatable bonds is 13. The lowest BCUT2D eigenvalue weighted by atomic mass is 9.94. The quantitative estimate of drug-likeness (QED) is 0.229. The van der Waals surface area contributed by atoms with Gasteiger partial charge in [0.05, 0.1) is 51.7 Å². The van der Waals surface area contributed by atoms with Crippen LogP contribution in [0, 0.1) is 0 Å². The average molecular weight is 543 g/mol. The van der Waals surface area contributed by atoms with E-state index in [1.54, 1.807) is 30.3 Å². The van der Waals surface area contributed by atoms with E-state index in [9.17, 15) is 14.7 Å². The average Bonchev–Trinajstić information content (AvgIpc) is 3.17. The summed E-state index contributed by atoms with van der Waals surface area (Å²) in [6.07, 6.45) is 0.619. The molecule has 2 aromatic rings. The van der Waals surface area contributed by atoms with Gasteiger partial charge in [0.15, 0.2) is 11.5 Å². The number of likely N-dealkylation sites (tertiary alicyclic amines) is 1. The summed E-state index contributed by atoms with van der Waals surface area (Å²) < 4.78 is 27.9. The van der Waals surface area contributed by atoms with Crippen LogP contribution in [-0.2, 0) is 9.59 Å². The van der Waals surface area contributed by atoms with Crippen LogP contribution in [0.2, 0.25) is 0 Å². The molecule has 0 radical (unpaired) electrons. The summed E-state index contributed by atoms with van der Waals surface area (Å²) in [4.78, 5) is 30.4. The third-order valence-electron chi connectivity index (χ3n) is 6.37. The largest absolute Gasteiger partial charge is 0.507 e. The van der Waals surface area contributed by atoms with Crippen LogP contribution in [0.3, 0.4) is 0 Å². The van der Waals surface area contributed by atoms with E-state index in [0.29, 0.717) is 67.0 Å². The normalized spacial score (nSPS) is 16.5. The number of ketones is 1. The Morgan fingerprint density at radius 1 is 0.923 bits per heavy atom. The van der Waals surface area contributed by atoms with Crippen LogP contribution < -0.4 is 23.7 Å². The molecular formula is C29H38N2O8. The minimum Gasteiger partial charge on any atom is -0.507 e. The first-order chi connectivity index (χ1) is 18.7. The van der Waals surface area contributed by atoms with Gasteiger partial charge in [0.25, 0.3) is 11.7 Å². The Morgan fingerprint density at radius 2 is 1.56 bits per heavy atom. The number of benzene rings is 2. The van der Waals surface area contributed by atoms with E-state index in [2.05, 4.69) is 0 Å². The number of nitrogens with zero attached hydrogens (tertiary/aromatic N) is 2. The number of ether oxygens (including phenoxy) is 5. The van der Waals surface area contributed by atoms with Crippen LogP contribution in [0.4, 0.5) is 0 Å². The second kappa shape index (κ2) is 13.2. The zero-order chi connectivity index (χ0) is 28.7. The summed E-state index contributed by atoms with van der Waals surface area (Å²) in [7, 11) is 8.35. The second-order valence-corrected chi connectivity index (χ2v) is 9.13. The molecule has 1 unspecified atom stereocenters. The van der Waals surface area contributed by atoms with Gasteiger partial charge in [-0.3, -0.25) is 9.59 Å². The second-order valence-electron chi connectivity index (χ2n) is 9.13. The number of amides is 1. The van der Waals surface area contributed by atoms with Crippen molar-refractivity contribution >= 4 is 17.4 Å². The van der Waals surface area contributed by atoms with E-state index in [1.807, 2.05) is 32.8 Å². The van der Waals surface area contributed by atoms with Gasteiger partial charge in [0.1, 0.15) is 17.3 Å². The molecule has 0 saturated carbocycles. The van der Waals surface area contributed by atoms with Crippen molar-refractivity contribution in [1.29, 1.82) is 0 Å². The maximum absolute atomic E-state index is 13.5. The number of hydrogen-bond acceptors (Lipinski definition) is 9. The zero-order valence-corrected chi connectivity index (χ0v) is 23.7. The number of carbonyl (C=O) groups excluding carboxylic acids is 2. The standard InChI is InChI=1S/C29H38N2O8/c1-8-38-19-11-12-20(21(17-19)39-9-2)26(32)24-25(31(29(34)27(24)33)14-10-13-30(3)4)18-15-22(35-5)28(37-7)23(16-18)36-6/h11-12,15-17,25,32H,8-10,13-14H2,1-7H3/b26-24+. The molecule has 1 N–H and O–H groups in total. The minimum absolute atomic E-state index is 0.0516. The molecular weight excluding hydrogens is 504 g/mol. The molecule has 1 heterocycles. The highest BCUT2D eigenvalue weighted by atomic mass is 16.5. The van der Waals surface area contributed by atoms with Gasteiger partial charge in [0, 0.05) is 12.6 Å². The molecule has 0 aromatic heterocycles. The third kappa shape index (κ3) is 6.22. The Morgan fingerprint density at radius 3 is 2.10 bits per heavy atom. The molecule has 1 saturated heterocycles. The fraction of sp³-hybridized carbons (Fsp3) is 0.448. The number of hydrogen-bond donors (Lipinski definition) is 1. The molecule has 1 aliphatic rings. The lowest BCUT2D eigenvalue weighted by molar-refractivity contribution is -0.139. The van der Waals surface area contributed by atoms with Crippen LogP contribution in [0.15, 0.2) is 35.9 Å². The van der Waals surface area contributed by atoms with Crippen LogP contribution in [0.25, 0.3) is 5.76 Å². The van der Waals surface area contributed by atoms with E-state index in [1.165, 1.54) is 26.2 Å². The smallest absolute Gasteiger partial charge is 0.295 e. The van der Waals surface area contributed by atoms with Crippen molar-refractivity contribution in [2.24, 2.45) is 0 Å². The van der Waals surface area contributed by atoms with E-state index in [-0.39, 0.29) is 16.9 Å². The molecule has 0 spiro atoms. The van der Waals surface area contributed by atoms with Crippen LogP contribution in [0.1, 0.15) is 37.4 Å². The van der Waals surface area contributed by atoms with Crippen molar-refractivity contribution in [2.45, 2.75) is 26.3 Å². The first-order valence-electron chi connectivity index (χ1n) is 12.8. The molecule has 0 bridgehead atoms. The lowest BCUT2D eigenvalue weighted by Gasteiger charge is -2.27. The molecule has 0 aliphatic carbocycles. The monoisotopic (exact) mass is 542 g/mol. The summed E-state index contributed by atoms with van der Waals surface area (Å²) in [5.41, 5.74) is 0.757. The summed E-state index contributed by atoms with van der Waals surface area (Å²) >= 11 is 0. The Hall–Kier alpha value is -3.92. The first kappa shape index (κ1) is 29.6. The Labute approximate surface area is 229 Å². The maximum Gasteiger partial charge on any atom is 0.295 e. The van der Waals surface area contributed by atoms with Gasteiger partial charge < -0.3 is 38.6 Å². The molecule has 10 heteroatoms. The van der Waals surface area contributed by atoms with E-state index in [0.717, 1.165) is 0 Å². The predicted molar refractivity (Wildman–Crippen MR) is 147 cm³/mol. The molecule has 1 amide bonds. The highest BCUT2D eigenvalue weighted by Crippen LogP contribution is 2.46. The molecule has 10 nitrogen and oxygen atoms in total. The molecule has 1 atom stereocenters. The van der Waals surface area contributed by atoms with Gasteiger partial charge >= 0.3 is 0 Å². The Bertz CT molecular complexity index is 1200. The van der Waals surface area contributed by atoms with Crippen LogP contribution in [0.5, 0.6) is 28.7 Å². The maximum atomic E-state index is 13.5. The Kier molecular flexibility index (Phi) is 10.1. The predicted octanol–water partition coefficient (Wildman–Crippen LogP) is 3.88. The van der Waals surface area contributed by atoms with E-state index in [4.69, 9.17) is 23.7 Å². The SMILES string of the molecule is CCOc1ccc(/C(O)=C2\C(=O)C(=O)N(CCCN(C)C)C2c2cc(OC)c(OC)c(OC)c2)c(OCC)c1. The van der Waals surface area contributed by atoms with Crippen molar-refractivity contribution in [1.82, 2.24) is 9.80 Å². The molecule has 3 rings (SSSR count). The number of methoxy groups -OCH3 is 3. The topological polar surface area (TPSA) is 107 Å². The number of Topliss-reactive ketones (excluding diaryl/α,β-unsaturated/α-hetero) is 1. The zero-order valence-electron chi connectivity index (χ0n) is 23.7. The van der Waals surface area contributed by atoms with Crippen molar-refractivity contribution < 1.29 is 38.4 Å². The number of aliphatic hydroxyl groups excluding tert-OH is 1. The summed E-state index contributed by atoms with van der Waals surface area (Å²) in [5, 5.41) is 11.6. The van der Waals surface area contributed by atoms with Gasteiger partial charge in [-0.15, -0.1) is 0 Å². The molecule has 1 fully saturated rings. The summed E-state index contributed by atoms with van der Waals surface area (Å²) in [5.74, 6) is 0.173. The summed E-state index contributed by atoms with van der Waals surface area (Å²) in [6, 6.07) is 7.43. The van der Waals surface area contributed by atoms with Crippen LogP contribution in [-0.4, -0.2) is 88.3 Å². The highest BCUT2D eigenvalue weighted by Gasteiger charge is 2.46. The molecule has 212 valence electrons. The summed E-state index contributed by atoms with van der Waals surface area (Å²) in [6.45, 7) is 5.46. The van der Waals surface area contributed by atoms with Crippen LogP contribution >= 0.6 is 0 Å². The first-order valence-corrected chi connectivity index (χ1v) is 12.8. The fourth-order valence-electron chi connectivity index (χ4n) is 4.65. The van der Waals surface area contributed by atoms with E-state index < -0.39 is 17.7 Å². The molecule has 39 heavy (non-hydrogen) atoms. The number of carbonyl (C=O) groups is 2. The van der Waals surface area contributed by atoms with Gasteiger partial charge in [-0.1, -0.05) is 0 Å². The third-order valence-corrected chi connectivity index (χ3v) is 6.37. The number of aliphatic hydroxyl groups is 1. The highest BCUT2D eigenvalue weighted by molar-refractivity contribution is 6.46. The van der Waals surface area contributed by atoms with Crippen molar-refractivity contribution in [3.8, 4) is 28.7 Å². The van der Waals surface area contributed by atoms with Gasteiger partial charge in [-0.2, -0.15) is 0 Å². The van der Waals surface area contributed by atoms with Gasteiger partial charge in [0.2, 0.25) is 5.75 Å². The minimum atomic E-state index is -0.901. The van der Waals surface area contributed by atoms with Crippen molar-refractivity contribution in [3.05, 3.63) is 47.0 Å². The molecule has 2 aromatic carbocycles. The van der Waals surface area contributed by atoms with Gasteiger partial charge in [-0.05, 0) is 70.7 Å². The molecule has 1 aliphatic heterocycles.